The molecule has 178 valence electrons. The summed E-state index contributed by atoms with van der Waals surface area (Å²) in [7, 11) is 0. The van der Waals surface area contributed by atoms with Crippen LogP contribution in [0.15, 0.2) is 48.5 Å². The molecule has 0 aliphatic heterocycles. The Hall–Kier alpha value is -1.84. The van der Waals surface area contributed by atoms with Crippen LogP contribution in [-0.4, -0.2) is 30.0 Å². The van der Waals surface area contributed by atoms with Crippen molar-refractivity contribution in [1.82, 2.24) is 0 Å². The van der Waals surface area contributed by atoms with E-state index in [0.29, 0.717) is 0 Å². The molecule has 3 heteroatoms. The van der Waals surface area contributed by atoms with E-state index in [1.165, 1.54) is 74.5 Å². The van der Waals surface area contributed by atoms with Gasteiger partial charge in [0.1, 0.15) is 5.75 Å². The molecule has 0 radical (unpaired) electrons. The van der Waals surface area contributed by atoms with Crippen molar-refractivity contribution < 1.29 is 14.9 Å². The molecule has 0 aromatic heterocycles. The van der Waals surface area contributed by atoms with E-state index in [1.54, 1.807) is 0 Å². The van der Waals surface area contributed by atoms with Gasteiger partial charge in [-0.3, -0.25) is 0 Å². The summed E-state index contributed by atoms with van der Waals surface area (Å²) in [6, 6.07) is 17.4. The lowest BCUT2D eigenvalue weighted by Gasteiger charge is -2.10. The number of rotatable bonds is 18. The van der Waals surface area contributed by atoms with Gasteiger partial charge in [-0.05, 0) is 54.5 Å². The van der Waals surface area contributed by atoms with Gasteiger partial charge in [-0.15, -0.1) is 0 Å². The second kappa shape index (κ2) is 16.7. The minimum Gasteiger partial charge on any atom is -0.494 e. The average molecular weight is 441 g/mol. The topological polar surface area (TPSA) is 49.7 Å². The quantitative estimate of drug-likeness (QED) is 0.241. The Kier molecular flexibility index (Phi) is 13.8. The summed E-state index contributed by atoms with van der Waals surface area (Å²) in [5.41, 5.74) is 3.92. The Morgan fingerprint density at radius 1 is 0.656 bits per heavy atom. The third-order valence-electron chi connectivity index (χ3n) is 6.25. The summed E-state index contributed by atoms with van der Waals surface area (Å²) in [6.45, 7) is 3.24. The molecule has 0 saturated carbocycles. The first-order valence-corrected chi connectivity index (χ1v) is 12.8. The van der Waals surface area contributed by atoms with Crippen LogP contribution >= 0.6 is 0 Å². The van der Waals surface area contributed by atoms with Crippen LogP contribution in [0.3, 0.4) is 0 Å². The number of unbranched alkanes of at least 4 members (excludes halogenated alkanes) is 8. The zero-order valence-corrected chi connectivity index (χ0v) is 20.1. The molecule has 0 bridgehead atoms. The minimum atomic E-state index is 0.0769. The van der Waals surface area contributed by atoms with Gasteiger partial charge in [-0.1, -0.05) is 94.7 Å². The molecule has 2 aromatic rings. The van der Waals surface area contributed by atoms with E-state index in [-0.39, 0.29) is 19.1 Å². The highest BCUT2D eigenvalue weighted by atomic mass is 16.5. The molecule has 0 atom stereocenters. The maximum Gasteiger partial charge on any atom is 0.119 e. The fourth-order valence-corrected chi connectivity index (χ4v) is 4.01. The van der Waals surface area contributed by atoms with Gasteiger partial charge in [-0.2, -0.15) is 0 Å². The van der Waals surface area contributed by atoms with Crippen LogP contribution in [0.25, 0.3) is 11.1 Å². The maximum atomic E-state index is 9.06. The summed E-state index contributed by atoms with van der Waals surface area (Å²) in [4.78, 5) is 0. The van der Waals surface area contributed by atoms with Gasteiger partial charge in [0.05, 0.1) is 6.61 Å². The summed E-state index contributed by atoms with van der Waals surface area (Å²) in [5.74, 6) is 1.03. The van der Waals surface area contributed by atoms with E-state index in [2.05, 4.69) is 55.5 Å². The minimum absolute atomic E-state index is 0.0769. The summed E-state index contributed by atoms with van der Waals surface area (Å²) in [5, 5.41) is 18.1. The van der Waals surface area contributed by atoms with Crippen LogP contribution in [0.4, 0.5) is 0 Å². The largest absolute Gasteiger partial charge is 0.494 e. The molecule has 2 aromatic carbocycles. The molecule has 0 amide bonds. The van der Waals surface area contributed by atoms with Crippen LogP contribution in [0.2, 0.25) is 0 Å². The van der Waals surface area contributed by atoms with Crippen molar-refractivity contribution >= 4 is 0 Å². The molecule has 0 spiro atoms. The highest BCUT2D eigenvalue weighted by Gasteiger charge is 2.04. The number of aliphatic hydroxyl groups is 2. The van der Waals surface area contributed by atoms with Crippen LogP contribution < -0.4 is 4.74 Å². The summed E-state index contributed by atoms with van der Waals surface area (Å²) in [6.07, 6.45) is 14.3. The lowest BCUT2D eigenvalue weighted by molar-refractivity contribution is 0.141. The van der Waals surface area contributed by atoms with Crippen LogP contribution in [0.1, 0.15) is 83.1 Å². The highest BCUT2D eigenvalue weighted by Crippen LogP contribution is 2.23. The van der Waals surface area contributed by atoms with Crippen LogP contribution in [-0.2, 0) is 6.42 Å². The van der Waals surface area contributed by atoms with Gasteiger partial charge in [-0.25, -0.2) is 0 Å². The fraction of sp³-hybridized carbons (Fsp3) is 0.586. The number of benzene rings is 2. The first-order valence-electron chi connectivity index (χ1n) is 12.8. The second-order valence-corrected chi connectivity index (χ2v) is 9.02. The standard InChI is InChI=1S/C29H44O3/c1-2-3-12-25-14-16-27(17-15-25)28-18-20-29(21-19-28)32-22-11-9-7-5-4-6-8-10-13-26(23-30)24-31/h14-21,26,30-31H,2-13,22-24H2,1H3. The molecular formula is C29H44O3. The lowest BCUT2D eigenvalue weighted by Crippen LogP contribution is -2.10. The van der Waals surface area contributed by atoms with E-state index >= 15 is 0 Å². The fourth-order valence-electron chi connectivity index (χ4n) is 4.01. The Morgan fingerprint density at radius 2 is 1.19 bits per heavy atom. The summed E-state index contributed by atoms with van der Waals surface area (Å²) >= 11 is 0. The van der Waals surface area contributed by atoms with E-state index in [4.69, 9.17) is 14.9 Å². The predicted octanol–water partition coefficient (Wildman–Crippen LogP) is 7.19. The van der Waals surface area contributed by atoms with Crippen molar-refractivity contribution in [1.29, 1.82) is 0 Å². The van der Waals surface area contributed by atoms with Crippen molar-refractivity contribution in [2.75, 3.05) is 19.8 Å². The number of aliphatic hydroxyl groups excluding tert-OH is 2. The van der Waals surface area contributed by atoms with E-state index < -0.39 is 0 Å². The van der Waals surface area contributed by atoms with Gasteiger partial charge in [0.15, 0.2) is 0 Å². The average Bonchev–Trinajstić information content (AvgIpc) is 2.84. The molecule has 0 aliphatic carbocycles. The smallest absolute Gasteiger partial charge is 0.119 e. The van der Waals surface area contributed by atoms with Crippen LogP contribution in [0.5, 0.6) is 5.75 Å². The van der Waals surface area contributed by atoms with E-state index in [1.807, 2.05) is 0 Å². The van der Waals surface area contributed by atoms with Crippen molar-refractivity contribution in [3.05, 3.63) is 54.1 Å². The molecule has 0 saturated heterocycles. The molecule has 0 heterocycles. The van der Waals surface area contributed by atoms with Crippen molar-refractivity contribution in [2.24, 2.45) is 5.92 Å². The Labute approximate surface area is 195 Å². The third-order valence-corrected chi connectivity index (χ3v) is 6.25. The SMILES string of the molecule is CCCCc1ccc(-c2ccc(OCCCCCCCCCCC(CO)CO)cc2)cc1. The van der Waals surface area contributed by atoms with E-state index in [9.17, 15) is 0 Å². The van der Waals surface area contributed by atoms with Gasteiger partial charge < -0.3 is 14.9 Å². The highest BCUT2D eigenvalue weighted by molar-refractivity contribution is 5.64. The number of hydrogen-bond acceptors (Lipinski definition) is 3. The molecular weight excluding hydrogens is 396 g/mol. The number of hydrogen-bond donors (Lipinski definition) is 2. The Bertz CT molecular complexity index is 689. The number of aryl methyl sites for hydroxylation is 1. The zero-order valence-electron chi connectivity index (χ0n) is 20.1. The third kappa shape index (κ3) is 10.7. The molecule has 0 unspecified atom stereocenters. The molecule has 0 fully saturated rings. The second-order valence-electron chi connectivity index (χ2n) is 9.02. The first-order chi connectivity index (χ1) is 15.8. The van der Waals surface area contributed by atoms with Crippen molar-refractivity contribution in [3.63, 3.8) is 0 Å². The van der Waals surface area contributed by atoms with E-state index in [0.717, 1.165) is 31.6 Å². The van der Waals surface area contributed by atoms with Crippen molar-refractivity contribution in [2.45, 2.75) is 84.0 Å². The normalized spacial score (nSPS) is 11.2. The summed E-state index contributed by atoms with van der Waals surface area (Å²) < 4.78 is 5.92. The van der Waals surface area contributed by atoms with Gasteiger partial charge in [0.2, 0.25) is 0 Å². The molecule has 3 nitrogen and oxygen atoms in total. The predicted molar refractivity (Wildman–Crippen MR) is 135 cm³/mol. The van der Waals surface area contributed by atoms with Crippen LogP contribution in [0, 0.1) is 5.92 Å². The Balaban J connectivity index is 1.52. The van der Waals surface area contributed by atoms with Crippen molar-refractivity contribution in [3.8, 4) is 16.9 Å². The Morgan fingerprint density at radius 3 is 1.75 bits per heavy atom. The zero-order chi connectivity index (χ0) is 22.9. The lowest BCUT2D eigenvalue weighted by atomic mass is 10.0. The van der Waals surface area contributed by atoms with Gasteiger partial charge >= 0.3 is 0 Å². The molecule has 32 heavy (non-hydrogen) atoms. The molecule has 0 aliphatic rings. The monoisotopic (exact) mass is 440 g/mol. The number of ether oxygens (including phenoxy) is 1. The molecule has 2 rings (SSSR count). The molecule has 2 N–H and O–H groups in total. The first kappa shape index (κ1) is 26.4. The van der Waals surface area contributed by atoms with Gasteiger partial charge in [0.25, 0.3) is 0 Å². The van der Waals surface area contributed by atoms with Gasteiger partial charge in [0, 0.05) is 19.1 Å². The maximum absolute atomic E-state index is 9.06.